The molecule has 3 aliphatic rings. The highest BCUT2D eigenvalue weighted by molar-refractivity contribution is 7.07. The Morgan fingerprint density at radius 2 is 1.93 bits per heavy atom. The average molecular weight is 428 g/mol. The van der Waals surface area contributed by atoms with Crippen molar-refractivity contribution in [3.8, 4) is 0 Å². The van der Waals surface area contributed by atoms with Crippen LogP contribution < -0.4 is 32.1 Å². The maximum absolute atomic E-state index is 12.6. The van der Waals surface area contributed by atoms with Gasteiger partial charge in [-0.2, -0.15) is 11.3 Å². The second-order valence-electron chi connectivity index (χ2n) is 8.17. The van der Waals surface area contributed by atoms with E-state index in [0.29, 0.717) is 6.54 Å². The van der Waals surface area contributed by atoms with Gasteiger partial charge in [0.1, 0.15) is 0 Å². The number of anilines is 1. The van der Waals surface area contributed by atoms with Crippen LogP contribution in [0, 0.1) is 5.92 Å². The Morgan fingerprint density at radius 3 is 2.70 bits per heavy atom. The third kappa shape index (κ3) is 4.36. The van der Waals surface area contributed by atoms with E-state index in [2.05, 4.69) is 78.1 Å². The molecule has 3 aliphatic heterocycles. The summed E-state index contributed by atoms with van der Waals surface area (Å²) in [7, 11) is 0. The van der Waals surface area contributed by atoms with Gasteiger partial charge in [-0.25, -0.2) is 5.43 Å². The number of hydrogen-bond donors (Lipinski definition) is 6. The first-order valence-corrected chi connectivity index (χ1v) is 11.6. The molecule has 160 valence electrons. The molecule has 0 radical (unpaired) electrons. The third-order valence-electron chi connectivity index (χ3n) is 6.12. The van der Waals surface area contributed by atoms with Gasteiger partial charge in [0.2, 0.25) is 5.91 Å². The maximum atomic E-state index is 12.6. The number of thiophene rings is 1. The molecule has 4 unspecified atom stereocenters. The van der Waals surface area contributed by atoms with Gasteiger partial charge in [0.05, 0.1) is 18.2 Å². The molecular weight excluding hydrogens is 398 g/mol. The van der Waals surface area contributed by atoms with Crippen LogP contribution in [0.5, 0.6) is 0 Å². The number of nitrogens with one attached hydrogen (secondary N) is 6. The monoisotopic (exact) mass is 427 g/mol. The van der Waals surface area contributed by atoms with Gasteiger partial charge in [-0.3, -0.25) is 25.8 Å². The molecule has 3 fully saturated rings. The fourth-order valence-corrected chi connectivity index (χ4v) is 5.20. The summed E-state index contributed by atoms with van der Waals surface area (Å²) in [6.45, 7) is 5.98. The molecule has 1 amide bonds. The summed E-state index contributed by atoms with van der Waals surface area (Å²) in [5.41, 5.74) is 9.32. The van der Waals surface area contributed by atoms with Crippen LogP contribution in [0.4, 0.5) is 5.69 Å². The standard InChI is InChI=1S/C21H29N7OS/c29-21-18-17(11-23-27-21)25-19(15-5-10-30-13-15)26-20(18)24-16-3-1-14(2-4-16)12-28-8-6-22-7-9-28/h1-5,10,13,17-20,22-26H,6-9,11-12H2,(H,27,29). The van der Waals surface area contributed by atoms with Crippen molar-refractivity contribution >= 4 is 22.9 Å². The molecule has 4 heterocycles. The van der Waals surface area contributed by atoms with Crippen molar-refractivity contribution in [3.63, 3.8) is 0 Å². The fraction of sp³-hybridized carbons (Fsp3) is 0.476. The van der Waals surface area contributed by atoms with E-state index < -0.39 is 0 Å². The lowest BCUT2D eigenvalue weighted by atomic mass is 9.90. The zero-order valence-corrected chi connectivity index (χ0v) is 17.7. The topological polar surface area (TPSA) is 92.5 Å². The number of piperazine rings is 1. The van der Waals surface area contributed by atoms with Gasteiger partial charge in [0.15, 0.2) is 0 Å². The van der Waals surface area contributed by atoms with Crippen molar-refractivity contribution in [2.75, 3.05) is 38.0 Å². The minimum Gasteiger partial charge on any atom is -0.369 e. The van der Waals surface area contributed by atoms with Gasteiger partial charge < -0.3 is 10.6 Å². The Balaban J connectivity index is 1.29. The minimum atomic E-state index is -0.207. The van der Waals surface area contributed by atoms with Gasteiger partial charge in [-0.1, -0.05) is 12.1 Å². The van der Waals surface area contributed by atoms with Crippen molar-refractivity contribution in [1.29, 1.82) is 0 Å². The normalized spacial score (nSPS) is 29.8. The first kappa shape index (κ1) is 19.9. The molecule has 30 heavy (non-hydrogen) atoms. The van der Waals surface area contributed by atoms with Crippen molar-refractivity contribution in [2.45, 2.75) is 24.9 Å². The lowest BCUT2D eigenvalue weighted by Gasteiger charge is -2.45. The summed E-state index contributed by atoms with van der Waals surface area (Å²) in [6, 6.07) is 10.8. The first-order valence-electron chi connectivity index (χ1n) is 10.6. The van der Waals surface area contributed by atoms with Crippen LogP contribution in [0.2, 0.25) is 0 Å². The number of amides is 1. The molecule has 0 aliphatic carbocycles. The zero-order chi connectivity index (χ0) is 20.3. The Labute approximate surface area is 180 Å². The second-order valence-corrected chi connectivity index (χ2v) is 8.95. The highest BCUT2D eigenvalue weighted by Crippen LogP contribution is 2.26. The second kappa shape index (κ2) is 9.01. The predicted octanol–water partition coefficient (Wildman–Crippen LogP) is 0.402. The van der Waals surface area contributed by atoms with Crippen LogP contribution in [0.15, 0.2) is 41.1 Å². The van der Waals surface area contributed by atoms with E-state index in [-0.39, 0.29) is 30.2 Å². The highest BCUT2D eigenvalue weighted by atomic mass is 32.1. The molecule has 2 aromatic rings. The van der Waals surface area contributed by atoms with Crippen LogP contribution >= 0.6 is 11.3 Å². The van der Waals surface area contributed by atoms with Gasteiger partial charge >= 0.3 is 0 Å². The van der Waals surface area contributed by atoms with Crippen molar-refractivity contribution in [3.05, 3.63) is 52.2 Å². The Bertz CT molecular complexity index is 838. The van der Waals surface area contributed by atoms with Crippen LogP contribution in [0.1, 0.15) is 17.3 Å². The lowest BCUT2D eigenvalue weighted by molar-refractivity contribution is -0.131. The molecule has 1 aromatic carbocycles. The van der Waals surface area contributed by atoms with Crippen LogP contribution in [-0.4, -0.2) is 55.7 Å². The van der Waals surface area contributed by atoms with Crippen molar-refractivity contribution in [1.82, 2.24) is 31.7 Å². The Morgan fingerprint density at radius 1 is 1.10 bits per heavy atom. The largest absolute Gasteiger partial charge is 0.369 e. The number of nitrogens with zero attached hydrogens (tertiary/aromatic N) is 1. The van der Waals surface area contributed by atoms with E-state index in [1.807, 2.05) is 0 Å². The van der Waals surface area contributed by atoms with E-state index >= 15 is 0 Å². The number of rotatable bonds is 5. The summed E-state index contributed by atoms with van der Waals surface area (Å²) < 4.78 is 0. The van der Waals surface area contributed by atoms with Gasteiger partial charge in [-0.05, 0) is 40.1 Å². The molecular formula is C21H29N7OS. The Kier molecular flexibility index (Phi) is 5.98. The molecule has 0 spiro atoms. The van der Waals surface area contributed by atoms with E-state index in [9.17, 15) is 4.79 Å². The summed E-state index contributed by atoms with van der Waals surface area (Å²) >= 11 is 1.68. The summed E-state index contributed by atoms with van der Waals surface area (Å²) in [6.07, 6.45) is -0.156. The number of benzene rings is 1. The van der Waals surface area contributed by atoms with E-state index in [0.717, 1.165) is 38.4 Å². The van der Waals surface area contributed by atoms with Crippen LogP contribution in [0.25, 0.3) is 0 Å². The summed E-state index contributed by atoms with van der Waals surface area (Å²) in [5.74, 6) is -0.204. The third-order valence-corrected chi connectivity index (χ3v) is 6.83. The van der Waals surface area contributed by atoms with Gasteiger partial charge in [0.25, 0.3) is 0 Å². The number of carbonyl (C=O) groups excluding carboxylic acids is 1. The lowest BCUT2D eigenvalue weighted by Crippen LogP contribution is -2.71. The quantitative estimate of drug-likeness (QED) is 0.412. The fourth-order valence-electron chi connectivity index (χ4n) is 4.51. The highest BCUT2D eigenvalue weighted by Gasteiger charge is 2.44. The van der Waals surface area contributed by atoms with E-state index in [1.165, 1.54) is 11.1 Å². The van der Waals surface area contributed by atoms with Gasteiger partial charge in [-0.15, -0.1) is 0 Å². The number of hydrogen-bond acceptors (Lipinski definition) is 8. The number of fused-ring (bicyclic) bond motifs is 1. The molecule has 3 saturated heterocycles. The van der Waals surface area contributed by atoms with Crippen LogP contribution in [0.3, 0.4) is 0 Å². The summed E-state index contributed by atoms with van der Waals surface area (Å²) in [4.78, 5) is 15.1. The zero-order valence-electron chi connectivity index (χ0n) is 16.9. The molecule has 0 bridgehead atoms. The molecule has 1 aromatic heterocycles. The van der Waals surface area contributed by atoms with Crippen molar-refractivity contribution in [2.24, 2.45) is 5.92 Å². The number of carbonyl (C=O) groups is 1. The van der Waals surface area contributed by atoms with Crippen LogP contribution in [-0.2, 0) is 11.3 Å². The molecule has 0 saturated carbocycles. The smallest absolute Gasteiger partial charge is 0.242 e. The van der Waals surface area contributed by atoms with Gasteiger partial charge in [0, 0.05) is 51.0 Å². The number of hydrazine groups is 1. The Hall–Kier alpha value is -2.01. The average Bonchev–Trinajstić information content (AvgIpc) is 3.31. The van der Waals surface area contributed by atoms with E-state index in [4.69, 9.17) is 0 Å². The molecule has 4 atom stereocenters. The van der Waals surface area contributed by atoms with Crippen molar-refractivity contribution < 1.29 is 4.79 Å². The summed E-state index contributed by atoms with van der Waals surface area (Å²) in [5, 5.41) is 18.4. The maximum Gasteiger partial charge on any atom is 0.242 e. The molecule has 8 nitrogen and oxygen atoms in total. The molecule has 6 N–H and O–H groups in total. The van der Waals surface area contributed by atoms with E-state index in [1.54, 1.807) is 11.3 Å². The molecule has 9 heteroatoms. The predicted molar refractivity (Wildman–Crippen MR) is 119 cm³/mol. The SMILES string of the molecule is O=C1NNCC2NC(c3ccsc3)NC(Nc3ccc(CN4CCNCC4)cc3)C12. The first-order chi connectivity index (χ1) is 14.8. The molecule has 5 rings (SSSR count). The minimum absolute atomic E-state index is 0.00264.